The molecule has 0 heterocycles. The van der Waals surface area contributed by atoms with E-state index in [4.69, 9.17) is 4.74 Å². The van der Waals surface area contributed by atoms with Crippen LogP contribution in [0.25, 0.3) is 0 Å². The first-order chi connectivity index (χ1) is 11.1. The highest BCUT2D eigenvalue weighted by Gasteiger charge is 2.44. The van der Waals surface area contributed by atoms with E-state index in [2.05, 4.69) is 5.32 Å². The van der Waals surface area contributed by atoms with Crippen molar-refractivity contribution >= 4 is 11.6 Å². The lowest BCUT2D eigenvalue weighted by atomic mass is 10.1. The average Bonchev–Trinajstić information content (AvgIpc) is 3.31. The summed E-state index contributed by atoms with van der Waals surface area (Å²) >= 11 is 0. The fourth-order valence-corrected chi connectivity index (χ4v) is 2.82. The van der Waals surface area contributed by atoms with Gasteiger partial charge in [0.1, 0.15) is 11.6 Å². The largest absolute Gasteiger partial charge is 0.492 e. The molecule has 2 atom stereocenters. The van der Waals surface area contributed by atoms with Crippen molar-refractivity contribution in [2.24, 2.45) is 5.92 Å². The quantitative estimate of drug-likeness (QED) is 0.895. The summed E-state index contributed by atoms with van der Waals surface area (Å²) in [6.07, 6.45) is 0.755. The monoisotopic (exact) mass is 313 g/mol. The molecule has 1 N–H and O–H groups in total. The van der Waals surface area contributed by atoms with Crippen molar-refractivity contribution < 1.29 is 13.9 Å². The van der Waals surface area contributed by atoms with E-state index in [-0.39, 0.29) is 23.6 Å². The molecule has 0 spiro atoms. The van der Waals surface area contributed by atoms with Gasteiger partial charge in [-0.1, -0.05) is 18.2 Å². The summed E-state index contributed by atoms with van der Waals surface area (Å²) < 4.78 is 18.9. The Morgan fingerprint density at radius 2 is 2.13 bits per heavy atom. The zero-order valence-corrected chi connectivity index (χ0v) is 13.3. The van der Waals surface area contributed by atoms with E-state index >= 15 is 0 Å². The number of carbonyl (C=O) groups is 1. The molecule has 1 aliphatic carbocycles. The van der Waals surface area contributed by atoms with Gasteiger partial charge in [-0.2, -0.15) is 0 Å². The van der Waals surface area contributed by atoms with Crippen LogP contribution in [0.1, 0.15) is 30.4 Å². The van der Waals surface area contributed by atoms with Crippen molar-refractivity contribution in [1.29, 1.82) is 0 Å². The maximum Gasteiger partial charge on any atom is 0.228 e. The Morgan fingerprint density at radius 3 is 2.87 bits per heavy atom. The van der Waals surface area contributed by atoms with E-state index in [1.165, 1.54) is 12.1 Å². The highest BCUT2D eigenvalue weighted by Crippen LogP contribution is 2.48. The second kappa shape index (κ2) is 6.41. The van der Waals surface area contributed by atoms with E-state index in [1.807, 2.05) is 38.1 Å². The highest BCUT2D eigenvalue weighted by molar-refractivity contribution is 5.96. The van der Waals surface area contributed by atoms with Gasteiger partial charge in [0.15, 0.2) is 0 Å². The fraction of sp³-hybridized carbons (Fsp3) is 0.316. The SMILES string of the molecule is CCOc1cc(C)ccc1NC(=O)C1CC1c1cccc(F)c1. The molecular formula is C19H20FNO2. The molecule has 2 unspecified atom stereocenters. The second-order valence-corrected chi connectivity index (χ2v) is 5.93. The molecule has 23 heavy (non-hydrogen) atoms. The van der Waals surface area contributed by atoms with E-state index < -0.39 is 0 Å². The maximum absolute atomic E-state index is 13.3. The topological polar surface area (TPSA) is 38.3 Å². The predicted molar refractivity (Wildman–Crippen MR) is 88.2 cm³/mol. The van der Waals surface area contributed by atoms with Crippen molar-refractivity contribution in [1.82, 2.24) is 0 Å². The first-order valence-corrected chi connectivity index (χ1v) is 7.88. The molecule has 0 aliphatic heterocycles. The van der Waals surface area contributed by atoms with Gasteiger partial charge in [0.2, 0.25) is 5.91 Å². The van der Waals surface area contributed by atoms with Gasteiger partial charge in [-0.15, -0.1) is 0 Å². The van der Waals surface area contributed by atoms with Crippen LogP contribution < -0.4 is 10.1 Å². The molecule has 120 valence electrons. The Bertz CT molecular complexity index is 729. The summed E-state index contributed by atoms with van der Waals surface area (Å²) in [6, 6.07) is 12.2. The van der Waals surface area contributed by atoms with E-state index in [9.17, 15) is 9.18 Å². The minimum Gasteiger partial charge on any atom is -0.492 e. The van der Waals surface area contributed by atoms with Crippen LogP contribution in [0.2, 0.25) is 0 Å². The van der Waals surface area contributed by atoms with E-state index in [0.29, 0.717) is 18.0 Å². The smallest absolute Gasteiger partial charge is 0.228 e. The Labute approximate surface area is 135 Å². The van der Waals surface area contributed by atoms with Crippen LogP contribution in [0.3, 0.4) is 0 Å². The van der Waals surface area contributed by atoms with Crippen LogP contribution in [-0.4, -0.2) is 12.5 Å². The number of nitrogens with one attached hydrogen (secondary N) is 1. The molecule has 0 radical (unpaired) electrons. The number of amides is 1. The van der Waals surface area contributed by atoms with Crippen molar-refractivity contribution in [3.63, 3.8) is 0 Å². The van der Waals surface area contributed by atoms with Gasteiger partial charge in [-0.25, -0.2) is 4.39 Å². The third-order valence-electron chi connectivity index (χ3n) is 4.10. The van der Waals surface area contributed by atoms with Crippen LogP contribution in [0.15, 0.2) is 42.5 Å². The molecule has 3 nitrogen and oxygen atoms in total. The van der Waals surface area contributed by atoms with Gasteiger partial charge in [0.05, 0.1) is 12.3 Å². The zero-order chi connectivity index (χ0) is 16.4. The molecule has 3 rings (SSSR count). The van der Waals surface area contributed by atoms with Gasteiger partial charge < -0.3 is 10.1 Å². The van der Waals surface area contributed by atoms with Gasteiger partial charge in [0.25, 0.3) is 0 Å². The Kier molecular flexibility index (Phi) is 4.33. The predicted octanol–water partition coefficient (Wildman–Crippen LogP) is 4.28. The Morgan fingerprint density at radius 1 is 1.30 bits per heavy atom. The van der Waals surface area contributed by atoms with E-state index in [1.54, 1.807) is 6.07 Å². The average molecular weight is 313 g/mol. The van der Waals surface area contributed by atoms with Crippen LogP contribution in [-0.2, 0) is 4.79 Å². The summed E-state index contributed by atoms with van der Waals surface area (Å²) in [7, 11) is 0. The summed E-state index contributed by atoms with van der Waals surface area (Å²) in [5, 5.41) is 2.94. The number of hydrogen-bond acceptors (Lipinski definition) is 2. The van der Waals surface area contributed by atoms with Crippen molar-refractivity contribution in [3.05, 3.63) is 59.4 Å². The molecular weight excluding hydrogens is 293 g/mol. The molecule has 1 fully saturated rings. The first-order valence-electron chi connectivity index (χ1n) is 7.88. The van der Waals surface area contributed by atoms with E-state index in [0.717, 1.165) is 17.5 Å². The maximum atomic E-state index is 13.3. The van der Waals surface area contributed by atoms with Crippen molar-refractivity contribution in [3.8, 4) is 5.75 Å². The zero-order valence-electron chi connectivity index (χ0n) is 13.3. The number of hydrogen-bond donors (Lipinski definition) is 1. The van der Waals surface area contributed by atoms with Crippen molar-refractivity contribution in [2.45, 2.75) is 26.2 Å². The highest BCUT2D eigenvalue weighted by atomic mass is 19.1. The number of ether oxygens (including phenoxy) is 1. The minimum atomic E-state index is -0.259. The van der Waals surface area contributed by atoms with Crippen LogP contribution in [0, 0.1) is 18.7 Å². The number of benzene rings is 2. The normalized spacial score (nSPS) is 19.3. The molecule has 2 aromatic rings. The standard InChI is InChI=1S/C19H20FNO2/c1-3-23-18-9-12(2)7-8-17(18)21-19(22)16-11-15(16)13-5-4-6-14(20)10-13/h4-10,15-16H,3,11H2,1-2H3,(H,21,22). The Hall–Kier alpha value is -2.36. The van der Waals surface area contributed by atoms with Gasteiger partial charge >= 0.3 is 0 Å². The minimum absolute atomic E-state index is 0.0379. The summed E-state index contributed by atoms with van der Waals surface area (Å²) in [6.45, 7) is 4.44. The molecule has 0 bridgehead atoms. The summed E-state index contributed by atoms with van der Waals surface area (Å²) in [5.74, 6) is 0.387. The molecule has 1 saturated carbocycles. The van der Waals surface area contributed by atoms with Crippen LogP contribution in [0.4, 0.5) is 10.1 Å². The van der Waals surface area contributed by atoms with Gasteiger partial charge in [-0.05, 0) is 61.6 Å². The van der Waals surface area contributed by atoms with Gasteiger partial charge in [0, 0.05) is 5.92 Å². The summed E-state index contributed by atoms with van der Waals surface area (Å²) in [5.41, 5.74) is 2.65. The third kappa shape index (κ3) is 3.52. The fourth-order valence-electron chi connectivity index (χ4n) is 2.82. The van der Waals surface area contributed by atoms with Crippen LogP contribution in [0.5, 0.6) is 5.75 Å². The molecule has 1 amide bonds. The second-order valence-electron chi connectivity index (χ2n) is 5.93. The molecule has 0 saturated heterocycles. The number of carbonyl (C=O) groups excluding carboxylic acids is 1. The van der Waals surface area contributed by atoms with Gasteiger partial charge in [-0.3, -0.25) is 4.79 Å². The first kappa shape index (κ1) is 15.5. The Balaban J connectivity index is 1.69. The van der Waals surface area contributed by atoms with Crippen LogP contribution >= 0.6 is 0 Å². The number of rotatable bonds is 5. The number of halogens is 1. The molecule has 0 aromatic heterocycles. The molecule has 1 aliphatic rings. The third-order valence-corrected chi connectivity index (χ3v) is 4.10. The van der Waals surface area contributed by atoms with Crippen molar-refractivity contribution in [2.75, 3.05) is 11.9 Å². The number of aryl methyl sites for hydroxylation is 1. The lowest BCUT2D eigenvalue weighted by molar-refractivity contribution is -0.117. The number of anilines is 1. The molecule has 4 heteroatoms. The lowest BCUT2D eigenvalue weighted by Crippen LogP contribution is -2.15. The molecule has 2 aromatic carbocycles. The lowest BCUT2D eigenvalue weighted by Gasteiger charge is -2.12. The summed E-state index contributed by atoms with van der Waals surface area (Å²) in [4.78, 5) is 12.4.